The monoisotopic (exact) mass is 278 g/mol. The summed E-state index contributed by atoms with van der Waals surface area (Å²) in [6.45, 7) is 4.74. The van der Waals surface area contributed by atoms with Crippen molar-refractivity contribution in [3.8, 4) is 0 Å². The van der Waals surface area contributed by atoms with Crippen molar-refractivity contribution in [2.24, 2.45) is 5.92 Å². The van der Waals surface area contributed by atoms with Crippen LogP contribution in [-0.2, 0) is 9.47 Å². The van der Waals surface area contributed by atoms with Crippen LogP contribution in [0.25, 0.3) is 0 Å². The van der Waals surface area contributed by atoms with Gasteiger partial charge in [0.2, 0.25) is 0 Å². The molecule has 1 atom stereocenters. The largest absolute Gasteiger partial charge is 0.462 e. The van der Waals surface area contributed by atoms with Gasteiger partial charge in [0.05, 0.1) is 23.5 Å². The number of hydrogen-bond donors (Lipinski definition) is 2. The summed E-state index contributed by atoms with van der Waals surface area (Å²) >= 11 is 0. The van der Waals surface area contributed by atoms with Crippen LogP contribution in [0.1, 0.15) is 30.1 Å². The molecule has 110 valence electrons. The number of anilines is 2. The Morgan fingerprint density at radius 3 is 3.05 bits per heavy atom. The second-order valence-electron chi connectivity index (χ2n) is 4.97. The summed E-state index contributed by atoms with van der Waals surface area (Å²) in [6, 6.07) is 5.21. The Bertz CT molecular complexity index is 456. The number of rotatable bonds is 6. The van der Waals surface area contributed by atoms with Gasteiger partial charge in [-0.05, 0) is 43.9 Å². The van der Waals surface area contributed by atoms with Gasteiger partial charge in [-0.3, -0.25) is 0 Å². The zero-order valence-corrected chi connectivity index (χ0v) is 11.9. The van der Waals surface area contributed by atoms with E-state index >= 15 is 0 Å². The lowest BCUT2D eigenvalue weighted by Gasteiger charge is -2.12. The lowest BCUT2D eigenvalue weighted by Crippen LogP contribution is -2.11. The molecule has 0 aliphatic carbocycles. The zero-order valence-electron chi connectivity index (χ0n) is 11.9. The molecule has 1 aromatic rings. The van der Waals surface area contributed by atoms with Crippen LogP contribution >= 0.6 is 0 Å². The summed E-state index contributed by atoms with van der Waals surface area (Å²) in [6.07, 6.45) is 2.21. The minimum Gasteiger partial charge on any atom is -0.462 e. The number of nitrogens with one attached hydrogen (secondary N) is 1. The molecule has 0 saturated carbocycles. The highest BCUT2D eigenvalue weighted by Crippen LogP contribution is 2.22. The van der Waals surface area contributed by atoms with Crippen LogP contribution in [0.5, 0.6) is 0 Å². The summed E-state index contributed by atoms with van der Waals surface area (Å²) in [5, 5.41) is 3.31. The molecule has 1 aliphatic heterocycles. The van der Waals surface area contributed by atoms with E-state index in [2.05, 4.69) is 5.32 Å². The highest BCUT2D eigenvalue weighted by atomic mass is 16.5. The first kappa shape index (κ1) is 14.7. The highest BCUT2D eigenvalue weighted by molar-refractivity contribution is 5.91. The van der Waals surface area contributed by atoms with Crippen molar-refractivity contribution in [2.75, 3.05) is 37.4 Å². The maximum Gasteiger partial charge on any atom is 0.338 e. The number of carbonyl (C=O) groups is 1. The fourth-order valence-corrected chi connectivity index (χ4v) is 2.29. The van der Waals surface area contributed by atoms with Gasteiger partial charge >= 0.3 is 5.97 Å². The molecule has 0 spiro atoms. The van der Waals surface area contributed by atoms with E-state index in [0.717, 1.165) is 38.3 Å². The van der Waals surface area contributed by atoms with E-state index in [4.69, 9.17) is 15.2 Å². The van der Waals surface area contributed by atoms with E-state index in [9.17, 15) is 4.79 Å². The highest BCUT2D eigenvalue weighted by Gasteiger charge is 2.15. The average Bonchev–Trinajstić information content (AvgIpc) is 2.94. The molecule has 1 aromatic carbocycles. The van der Waals surface area contributed by atoms with Gasteiger partial charge in [-0.15, -0.1) is 0 Å². The van der Waals surface area contributed by atoms with E-state index in [1.165, 1.54) is 0 Å². The van der Waals surface area contributed by atoms with Crippen LogP contribution in [0.3, 0.4) is 0 Å². The molecule has 1 fully saturated rings. The second-order valence-corrected chi connectivity index (χ2v) is 4.97. The van der Waals surface area contributed by atoms with Crippen molar-refractivity contribution >= 4 is 17.3 Å². The van der Waals surface area contributed by atoms with Gasteiger partial charge in [0.1, 0.15) is 0 Å². The van der Waals surface area contributed by atoms with E-state index in [0.29, 0.717) is 23.8 Å². The van der Waals surface area contributed by atoms with Gasteiger partial charge in [-0.1, -0.05) is 0 Å². The van der Waals surface area contributed by atoms with Crippen molar-refractivity contribution in [1.82, 2.24) is 0 Å². The fraction of sp³-hybridized carbons (Fsp3) is 0.533. The Balaban J connectivity index is 1.87. The van der Waals surface area contributed by atoms with Crippen LogP contribution in [0, 0.1) is 5.92 Å². The summed E-state index contributed by atoms with van der Waals surface area (Å²) in [7, 11) is 0. The molecular weight excluding hydrogens is 256 g/mol. The van der Waals surface area contributed by atoms with Crippen LogP contribution in [0.15, 0.2) is 18.2 Å². The summed E-state index contributed by atoms with van der Waals surface area (Å²) < 4.78 is 10.3. The Labute approximate surface area is 119 Å². The van der Waals surface area contributed by atoms with E-state index < -0.39 is 0 Å². The van der Waals surface area contributed by atoms with Crippen molar-refractivity contribution < 1.29 is 14.3 Å². The normalized spacial score (nSPS) is 17.9. The molecule has 1 aliphatic rings. The molecular formula is C15H22N2O3. The number of benzene rings is 1. The van der Waals surface area contributed by atoms with E-state index in [1.807, 2.05) is 6.07 Å². The molecule has 5 heteroatoms. The predicted molar refractivity (Wildman–Crippen MR) is 78.8 cm³/mol. The van der Waals surface area contributed by atoms with Gasteiger partial charge in [0.15, 0.2) is 0 Å². The van der Waals surface area contributed by atoms with Gasteiger partial charge in [0, 0.05) is 19.8 Å². The average molecular weight is 278 g/mol. The smallest absolute Gasteiger partial charge is 0.338 e. The Hall–Kier alpha value is -1.75. The Kier molecular flexibility index (Phi) is 5.24. The molecule has 2 rings (SSSR count). The summed E-state index contributed by atoms with van der Waals surface area (Å²) in [5.74, 6) is 0.302. The van der Waals surface area contributed by atoms with Crippen LogP contribution in [-0.4, -0.2) is 32.3 Å². The van der Waals surface area contributed by atoms with Crippen molar-refractivity contribution in [3.63, 3.8) is 0 Å². The van der Waals surface area contributed by atoms with Crippen LogP contribution < -0.4 is 11.1 Å². The third-order valence-electron chi connectivity index (χ3n) is 3.45. The van der Waals surface area contributed by atoms with Gasteiger partial charge in [-0.2, -0.15) is 0 Å². The first-order chi connectivity index (χ1) is 9.70. The summed E-state index contributed by atoms with van der Waals surface area (Å²) in [4.78, 5) is 11.6. The first-order valence-electron chi connectivity index (χ1n) is 7.09. The van der Waals surface area contributed by atoms with E-state index in [-0.39, 0.29) is 5.97 Å². The number of carbonyl (C=O) groups excluding carboxylic acids is 1. The third kappa shape index (κ3) is 3.87. The molecule has 0 radical (unpaired) electrons. The van der Waals surface area contributed by atoms with Gasteiger partial charge in [0.25, 0.3) is 0 Å². The van der Waals surface area contributed by atoms with Crippen molar-refractivity contribution in [2.45, 2.75) is 19.8 Å². The Morgan fingerprint density at radius 1 is 1.55 bits per heavy atom. The van der Waals surface area contributed by atoms with Gasteiger partial charge in [-0.25, -0.2) is 4.79 Å². The minimum atomic E-state index is -0.339. The van der Waals surface area contributed by atoms with Crippen molar-refractivity contribution in [3.05, 3.63) is 23.8 Å². The molecule has 0 amide bonds. The van der Waals surface area contributed by atoms with E-state index in [1.54, 1.807) is 19.1 Å². The topological polar surface area (TPSA) is 73.6 Å². The number of nitrogen functional groups attached to an aromatic ring is 1. The maximum atomic E-state index is 11.6. The predicted octanol–water partition coefficient (Wildman–Crippen LogP) is 2.28. The quantitative estimate of drug-likeness (QED) is 0.617. The molecule has 20 heavy (non-hydrogen) atoms. The Morgan fingerprint density at radius 2 is 2.40 bits per heavy atom. The number of hydrogen-bond acceptors (Lipinski definition) is 5. The van der Waals surface area contributed by atoms with Crippen LogP contribution in [0.2, 0.25) is 0 Å². The lowest BCUT2D eigenvalue weighted by molar-refractivity contribution is 0.0526. The molecule has 5 nitrogen and oxygen atoms in total. The first-order valence-corrected chi connectivity index (χ1v) is 7.09. The maximum absolute atomic E-state index is 11.6. The third-order valence-corrected chi connectivity index (χ3v) is 3.45. The molecule has 1 unspecified atom stereocenters. The molecule has 0 aromatic heterocycles. The molecule has 3 N–H and O–H groups in total. The fourth-order valence-electron chi connectivity index (χ4n) is 2.29. The summed E-state index contributed by atoms with van der Waals surface area (Å²) in [5.41, 5.74) is 7.87. The number of nitrogens with two attached hydrogens (primary N) is 1. The standard InChI is InChI=1S/C15H22N2O3/c1-2-20-15(18)12-3-4-14(13(16)9-12)17-7-5-11-6-8-19-10-11/h3-4,9,11,17H,2,5-8,10,16H2,1H3. The minimum absolute atomic E-state index is 0.339. The van der Waals surface area contributed by atoms with Crippen molar-refractivity contribution in [1.29, 1.82) is 0 Å². The lowest BCUT2D eigenvalue weighted by atomic mass is 10.1. The zero-order chi connectivity index (χ0) is 14.4. The molecule has 0 bridgehead atoms. The second kappa shape index (κ2) is 7.14. The van der Waals surface area contributed by atoms with Gasteiger partial charge < -0.3 is 20.5 Å². The number of esters is 1. The molecule has 1 saturated heterocycles. The SMILES string of the molecule is CCOC(=O)c1ccc(NCCC2CCOC2)c(N)c1. The molecule has 1 heterocycles. The van der Waals surface area contributed by atoms with Crippen LogP contribution in [0.4, 0.5) is 11.4 Å². The number of ether oxygens (including phenoxy) is 2.